The van der Waals surface area contributed by atoms with Crippen LogP contribution in [-0.2, 0) is 16.6 Å². The van der Waals surface area contributed by atoms with E-state index in [1.165, 1.54) is 18.1 Å². The van der Waals surface area contributed by atoms with E-state index in [2.05, 4.69) is 28.5 Å². The van der Waals surface area contributed by atoms with Crippen molar-refractivity contribution in [1.82, 2.24) is 14.7 Å². The number of rotatable bonds is 5. The van der Waals surface area contributed by atoms with E-state index in [1.54, 1.807) is 0 Å². The van der Waals surface area contributed by atoms with Crippen LogP contribution in [0.15, 0.2) is 41.8 Å². The minimum Gasteiger partial charge on any atom is -0.335 e. The van der Waals surface area contributed by atoms with Crippen molar-refractivity contribution in [3.63, 3.8) is 0 Å². The Balaban J connectivity index is 2.03. The Morgan fingerprint density at radius 2 is 1.95 bits per heavy atom. The summed E-state index contributed by atoms with van der Waals surface area (Å²) >= 11 is 0. The third kappa shape index (κ3) is 3.42. The molecule has 0 bridgehead atoms. The largest absolute Gasteiger partial charge is 0.335 e. The summed E-state index contributed by atoms with van der Waals surface area (Å²) in [6.07, 6.45) is 2.62. The van der Waals surface area contributed by atoms with Crippen LogP contribution in [0.3, 0.4) is 0 Å². The number of nitrogens with one attached hydrogen (secondary N) is 2. The van der Waals surface area contributed by atoms with Crippen molar-refractivity contribution in [3.8, 4) is 0 Å². The van der Waals surface area contributed by atoms with Crippen molar-refractivity contribution in [1.29, 1.82) is 0 Å². The summed E-state index contributed by atoms with van der Waals surface area (Å²) in [5.74, 6) is 0.468. The molecule has 5 nitrogen and oxygen atoms in total. The molecule has 0 aliphatic carbocycles. The van der Waals surface area contributed by atoms with Gasteiger partial charge in [0.15, 0.2) is 5.03 Å². The number of hydrogen-bond donors (Lipinski definition) is 2. The van der Waals surface area contributed by atoms with Crippen molar-refractivity contribution in [2.45, 2.75) is 31.3 Å². The molecular formula is C13H17N3O2S. The third-order valence-corrected chi connectivity index (χ3v) is 4.20. The molecule has 0 radical (unpaired) electrons. The van der Waals surface area contributed by atoms with Crippen LogP contribution in [0.5, 0.6) is 0 Å². The zero-order valence-electron chi connectivity index (χ0n) is 10.9. The highest BCUT2D eigenvalue weighted by atomic mass is 32.2. The standard InChI is InChI=1S/C13H17N3O2S/c1-10(2)12-5-3-11(4-6-12)7-16-19(17,18)13-8-14-9-15-13/h3-6,8-10,16H,7H2,1-2H3,(H,14,15). The molecule has 1 aromatic carbocycles. The Morgan fingerprint density at radius 1 is 1.26 bits per heavy atom. The lowest BCUT2D eigenvalue weighted by molar-refractivity contribution is 0.578. The minimum atomic E-state index is -3.51. The molecule has 0 saturated heterocycles. The monoisotopic (exact) mass is 279 g/mol. The number of sulfonamides is 1. The highest BCUT2D eigenvalue weighted by Crippen LogP contribution is 2.15. The first kappa shape index (κ1) is 13.8. The van der Waals surface area contributed by atoms with Gasteiger partial charge in [-0.2, -0.15) is 0 Å². The Kier molecular flexibility index (Phi) is 4.01. The SMILES string of the molecule is CC(C)c1ccc(CNS(=O)(=O)c2cnc[nH]2)cc1. The van der Waals surface area contributed by atoms with E-state index < -0.39 is 10.0 Å². The van der Waals surface area contributed by atoms with E-state index in [0.29, 0.717) is 5.92 Å². The maximum Gasteiger partial charge on any atom is 0.257 e. The van der Waals surface area contributed by atoms with E-state index in [4.69, 9.17) is 0 Å². The summed E-state index contributed by atoms with van der Waals surface area (Å²) in [6.45, 7) is 4.51. The van der Waals surface area contributed by atoms with E-state index >= 15 is 0 Å². The molecule has 1 aromatic heterocycles. The zero-order chi connectivity index (χ0) is 13.9. The Bertz CT molecular complexity index is 616. The van der Waals surface area contributed by atoms with Gasteiger partial charge in [-0.15, -0.1) is 0 Å². The second-order valence-electron chi connectivity index (χ2n) is 4.64. The molecule has 102 valence electrons. The molecule has 0 fully saturated rings. The lowest BCUT2D eigenvalue weighted by Gasteiger charge is -2.08. The molecule has 2 rings (SSSR count). The Labute approximate surface area is 113 Å². The van der Waals surface area contributed by atoms with Gasteiger partial charge in [-0.05, 0) is 17.0 Å². The van der Waals surface area contributed by atoms with Gasteiger partial charge in [0.2, 0.25) is 0 Å². The number of aromatic nitrogens is 2. The van der Waals surface area contributed by atoms with Gasteiger partial charge in [0.1, 0.15) is 0 Å². The second-order valence-corrected chi connectivity index (χ2v) is 6.37. The first-order chi connectivity index (χ1) is 8.99. The summed E-state index contributed by atoms with van der Waals surface area (Å²) in [6, 6.07) is 7.91. The number of aromatic amines is 1. The molecule has 0 saturated carbocycles. The summed E-state index contributed by atoms with van der Waals surface area (Å²) in [5.41, 5.74) is 2.16. The molecular weight excluding hydrogens is 262 g/mol. The van der Waals surface area contributed by atoms with Gasteiger partial charge >= 0.3 is 0 Å². The first-order valence-electron chi connectivity index (χ1n) is 6.06. The van der Waals surface area contributed by atoms with Crippen LogP contribution in [0.1, 0.15) is 30.9 Å². The number of nitrogens with zero attached hydrogens (tertiary/aromatic N) is 1. The highest BCUT2D eigenvalue weighted by Gasteiger charge is 2.14. The quantitative estimate of drug-likeness (QED) is 0.879. The van der Waals surface area contributed by atoms with Crippen molar-refractivity contribution in [3.05, 3.63) is 47.9 Å². The molecule has 1 heterocycles. The fourth-order valence-corrected chi connectivity index (χ4v) is 2.59. The topological polar surface area (TPSA) is 74.8 Å². The van der Waals surface area contributed by atoms with Crippen molar-refractivity contribution >= 4 is 10.0 Å². The second kappa shape index (κ2) is 5.54. The fourth-order valence-electron chi connectivity index (χ4n) is 1.67. The van der Waals surface area contributed by atoms with Crippen LogP contribution in [-0.4, -0.2) is 18.4 Å². The maximum absolute atomic E-state index is 11.9. The summed E-state index contributed by atoms with van der Waals surface area (Å²) in [4.78, 5) is 6.28. The Hall–Kier alpha value is -1.66. The van der Waals surface area contributed by atoms with Crippen LogP contribution >= 0.6 is 0 Å². The molecule has 0 spiro atoms. The van der Waals surface area contributed by atoms with E-state index in [-0.39, 0.29) is 11.6 Å². The first-order valence-corrected chi connectivity index (χ1v) is 7.54. The van der Waals surface area contributed by atoms with Crippen LogP contribution in [0.25, 0.3) is 0 Å². The molecule has 6 heteroatoms. The average Bonchev–Trinajstić information content (AvgIpc) is 2.91. The van der Waals surface area contributed by atoms with Gasteiger partial charge in [-0.25, -0.2) is 18.1 Å². The summed E-state index contributed by atoms with van der Waals surface area (Å²) in [5, 5.41) is 0.0753. The molecule has 0 aliphatic heterocycles. The van der Waals surface area contributed by atoms with E-state index in [9.17, 15) is 8.42 Å². The normalized spacial score (nSPS) is 11.9. The molecule has 2 aromatic rings. The molecule has 0 amide bonds. The summed E-state index contributed by atoms with van der Waals surface area (Å²) < 4.78 is 26.2. The Morgan fingerprint density at radius 3 is 2.47 bits per heavy atom. The maximum atomic E-state index is 11.9. The molecule has 0 unspecified atom stereocenters. The van der Waals surface area contributed by atoms with Crippen LogP contribution in [0.2, 0.25) is 0 Å². The number of benzene rings is 1. The number of hydrogen-bond acceptors (Lipinski definition) is 3. The lowest BCUT2D eigenvalue weighted by atomic mass is 10.0. The van der Waals surface area contributed by atoms with Crippen LogP contribution < -0.4 is 4.72 Å². The van der Waals surface area contributed by atoms with Gasteiger partial charge in [0, 0.05) is 6.54 Å². The predicted octanol–water partition coefficient (Wildman–Crippen LogP) is 2.01. The predicted molar refractivity (Wildman–Crippen MR) is 73.1 cm³/mol. The van der Waals surface area contributed by atoms with Gasteiger partial charge < -0.3 is 4.98 Å². The lowest BCUT2D eigenvalue weighted by Crippen LogP contribution is -2.23. The average molecular weight is 279 g/mol. The zero-order valence-corrected chi connectivity index (χ0v) is 11.7. The van der Waals surface area contributed by atoms with Crippen molar-refractivity contribution < 1.29 is 8.42 Å². The van der Waals surface area contributed by atoms with Gasteiger partial charge in [0.25, 0.3) is 10.0 Å². The van der Waals surface area contributed by atoms with E-state index in [1.807, 2.05) is 24.3 Å². The third-order valence-electron chi connectivity index (χ3n) is 2.88. The molecule has 2 N–H and O–H groups in total. The fraction of sp³-hybridized carbons (Fsp3) is 0.308. The highest BCUT2D eigenvalue weighted by molar-refractivity contribution is 7.89. The van der Waals surface area contributed by atoms with Crippen LogP contribution in [0.4, 0.5) is 0 Å². The van der Waals surface area contributed by atoms with Crippen molar-refractivity contribution in [2.24, 2.45) is 0 Å². The number of imidazole rings is 1. The molecule has 0 aliphatic rings. The number of H-pyrrole nitrogens is 1. The van der Waals surface area contributed by atoms with Gasteiger partial charge in [0.05, 0.1) is 12.5 Å². The van der Waals surface area contributed by atoms with Gasteiger partial charge in [-0.3, -0.25) is 0 Å². The van der Waals surface area contributed by atoms with Crippen molar-refractivity contribution in [2.75, 3.05) is 0 Å². The molecule has 19 heavy (non-hydrogen) atoms. The smallest absolute Gasteiger partial charge is 0.257 e. The van der Waals surface area contributed by atoms with Crippen LogP contribution in [0, 0.1) is 0 Å². The minimum absolute atomic E-state index is 0.0753. The van der Waals surface area contributed by atoms with E-state index in [0.717, 1.165) is 5.56 Å². The molecule has 0 atom stereocenters. The summed E-state index contributed by atoms with van der Waals surface area (Å²) in [7, 11) is -3.51. The van der Waals surface area contributed by atoms with Gasteiger partial charge in [-0.1, -0.05) is 38.1 Å².